The molecule has 4 rings (SSSR count). The number of fused-ring (bicyclic) bond motifs is 1. The van der Waals surface area contributed by atoms with Crippen LogP contribution in [-0.2, 0) is 11.3 Å². The lowest BCUT2D eigenvalue weighted by Gasteiger charge is -2.35. The number of ether oxygens (including phenoxy) is 2. The normalized spacial score (nSPS) is 16.1. The standard InChI is InChI=1S/C23H29N3O3/c1-3-25(15-19-8-9-21-22(14-19)29-17-28-21)23(27)16-24-10-12-26(13-11-24)20-7-5-4-6-18(20)2/h4-9,14H,3,10-13,15-17H2,1-2H3/p+1. The average Bonchev–Trinajstić information content (AvgIpc) is 3.21. The SMILES string of the molecule is CCN(Cc1ccc2c(c1)OCO2)C(=O)C[NH+]1CCN(c2ccccc2C)CC1. The number of para-hydroxylation sites is 1. The zero-order chi connectivity index (χ0) is 20.2. The van der Waals surface area contributed by atoms with E-state index in [1.165, 1.54) is 16.2 Å². The van der Waals surface area contributed by atoms with Crippen LogP contribution in [0.15, 0.2) is 42.5 Å². The van der Waals surface area contributed by atoms with Gasteiger partial charge in [-0.2, -0.15) is 0 Å². The van der Waals surface area contributed by atoms with Gasteiger partial charge in [0.05, 0.1) is 26.2 Å². The molecule has 0 unspecified atom stereocenters. The summed E-state index contributed by atoms with van der Waals surface area (Å²) in [4.78, 5) is 18.7. The summed E-state index contributed by atoms with van der Waals surface area (Å²) in [6, 6.07) is 14.4. The summed E-state index contributed by atoms with van der Waals surface area (Å²) < 4.78 is 10.8. The molecule has 0 spiro atoms. The highest BCUT2D eigenvalue weighted by Crippen LogP contribution is 2.32. The van der Waals surface area contributed by atoms with Crippen molar-refractivity contribution >= 4 is 11.6 Å². The van der Waals surface area contributed by atoms with Crippen molar-refractivity contribution in [3.05, 3.63) is 53.6 Å². The first-order chi connectivity index (χ1) is 14.1. The Kier molecular flexibility index (Phi) is 5.90. The molecular weight excluding hydrogens is 366 g/mol. The van der Waals surface area contributed by atoms with Gasteiger partial charge in [-0.1, -0.05) is 24.3 Å². The molecule has 1 amide bonds. The number of carbonyl (C=O) groups excluding carboxylic acids is 1. The Morgan fingerprint density at radius 3 is 2.62 bits per heavy atom. The van der Waals surface area contributed by atoms with E-state index in [1.807, 2.05) is 30.0 Å². The second-order valence-electron chi connectivity index (χ2n) is 7.80. The minimum atomic E-state index is 0.213. The highest BCUT2D eigenvalue weighted by atomic mass is 16.7. The molecule has 6 heteroatoms. The Morgan fingerprint density at radius 1 is 1.10 bits per heavy atom. The van der Waals surface area contributed by atoms with Gasteiger partial charge in [-0.25, -0.2) is 0 Å². The van der Waals surface area contributed by atoms with Crippen LogP contribution in [0.2, 0.25) is 0 Å². The Hall–Kier alpha value is -2.73. The molecular formula is C23H30N3O3+. The van der Waals surface area contributed by atoms with Gasteiger partial charge in [0.25, 0.3) is 5.91 Å². The molecule has 6 nitrogen and oxygen atoms in total. The molecule has 0 bridgehead atoms. The second-order valence-corrected chi connectivity index (χ2v) is 7.80. The van der Waals surface area contributed by atoms with E-state index in [0.29, 0.717) is 19.6 Å². The summed E-state index contributed by atoms with van der Waals surface area (Å²) >= 11 is 0. The number of piperazine rings is 1. The fraction of sp³-hybridized carbons (Fsp3) is 0.435. The Balaban J connectivity index is 1.31. The van der Waals surface area contributed by atoms with Gasteiger partial charge >= 0.3 is 0 Å². The van der Waals surface area contributed by atoms with E-state index in [-0.39, 0.29) is 12.7 Å². The van der Waals surface area contributed by atoms with Crippen LogP contribution >= 0.6 is 0 Å². The maximum atomic E-state index is 12.9. The third-order valence-electron chi connectivity index (χ3n) is 5.87. The van der Waals surface area contributed by atoms with Crippen molar-refractivity contribution in [2.75, 3.05) is 51.0 Å². The molecule has 1 N–H and O–H groups in total. The van der Waals surface area contributed by atoms with Crippen molar-refractivity contribution in [1.29, 1.82) is 0 Å². The molecule has 154 valence electrons. The van der Waals surface area contributed by atoms with Gasteiger partial charge in [0.2, 0.25) is 6.79 Å². The van der Waals surface area contributed by atoms with Gasteiger partial charge in [-0.05, 0) is 43.2 Å². The minimum absolute atomic E-state index is 0.213. The van der Waals surface area contributed by atoms with Gasteiger partial charge in [-0.3, -0.25) is 4.79 Å². The first-order valence-electron chi connectivity index (χ1n) is 10.4. The van der Waals surface area contributed by atoms with Crippen molar-refractivity contribution in [2.45, 2.75) is 20.4 Å². The largest absolute Gasteiger partial charge is 0.454 e. The van der Waals surface area contributed by atoms with Crippen LogP contribution in [0.5, 0.6) is 11.5 Å². The van der Waals surface area contributed by atoms with Crippen molar-refractivity contribution in [3.63, 3.8) is 0 Å². The number of quaternary nitrogens is 1. The third kappa shape index (κ3) is 4.48. The summed E-state index contributed by atoms with van der Waals surface area (Å²) in [6.07, 6.45) is 0. The molecule has 2 aliphatic rings. The van der Waals surface area contributed by atoms with E-state index in [2.05, 4.69) is 36.1 Å². The number of carbonyl (C=O) groups is 1. The van der Waals surface area contributed by atoms with E-state index in [4.69, 9.17) is 9.47 Å². The summed E-state index contributed by atoms with van der Waals surface area (Å²) in [5.41, 5.74) is 3.70. The molecule has 2 aromatic rings. The average molecular weight is 397 g/mol. The molecule has 0 atom stereocenters. The molecule has 0 saturated carbocycles. The summed E-state index contributed by atoms with van der Waals surface area (Å²) in [5.74, 6) is 1.76. The van der Waals surface area contributed by atoms with Crippen LogP contribution in [0, 0.1) is 6.92 Å². The van der Waals surface area contributed by atoms with Gasteiger partial charge in [0, 0.05) is 18.8 Å². The summed E-state index contributed by atoms with van der Waals surface area (Å²) in [6.45, 7) is 10.3. The number of hydrogen-bond acceptors (Lipinski definition) is 4. The van der Waals surface area contributed by atoms with Crippen LogP contribution in [0.1, 0.15) is 18.1 Å². The van der Waals surface area contributed by atoms with E-state index in [1.54, 1.807) is 0 Å². The molecule has 1 fully saturated rings. The number of nitrogens with zero attached hydrogens (tertiary/aromatic N) is 2. The lowest BCUT2D eigenvalue weighted by molar-refractivity contribution is -0.892. The van der Waals surface area contributed by atoms with Gasteiger partial charge in [0.15, 0.2) is 18.0 Å². The summed E-state index contributed by atoms with van der Waals surface area (Å²) in [7, 11) is 0. The molecule has 29 heavy (non-hydrogen) atoms. The van der Waals surface area contributed by atoms with Gasteiger partial charge in [0.1, 0.15) is 0 Å². The Labute approximate surface area is 172 Å². The number of aryl methyl sites for hydroxylation is 1. The number of benzene rings is 2. The monoisotopic (exact) mass is 396 g/mol. The molecule has 2 aliphatic heterocycles. The number of amides is 1. The number of hydrogen-bond donors (Lipinski definition) is 1. The maximum absolute atomic E-state index is 12.9. The number of nitrogens with one attached hydrogen (secondary N) is 1. The smallest absolute Gasteiger partial charge is 0.278 e. The van der Waals surface area contributed by atoms with Crippen LogP contribution in [0.3, 0.4) is 0 Å². The molecule has 2 heterocycles. The van der Waals surface area contributed by atoms with E-state index < -0.39 is 0 Å². The van der Waals surface area contributed by atoms with Crippen molar-refractivity contribution in [2.24, 2.45) is 0 Å². The van der Waals surface area contributed by atoms with E-state index in [9.17, 15) is 4.79 Å². The topological polar surface area (TPSA) is 46.5 Å². The van der Waals surface area contributed by atoms with Crippen molar-refractivity contribution in [3.8, 4) is 11.5 Å². The quantitative estimate of drug-likeness (QED) is 0.804. The third-order valence-corrected chi connectivity index (χ3v) is 5.87. The van der Waals surface area contributed by atoms with Crippen LogP contribution in [0.4, 0.5) is 5.69 Å². The molecule has 0 aliphatic carbocycles. The Bertz CT molecular complexity index is 862. The van der Waals surface area contributed by atoms with Crippen molar-refractivity contribution in [1.82, 2.24) is 4.90 Å². The van der Waals surface area contributed by atoms with Crippen molar-refractivity contribution < 1.29 is 19.2 Å². The highest BCUT2D eigenvalue weighted by Gasteiger charge is 2.25. The molecule has 2 aromatic carbocycles. The summed E-state index contributed by atoms with van der Waals surface area (Å²) in [5, 5.41) is 0. The highest BCUT2D eigenvalue weighted by molar-refractivity contribution is 5.77. The first kappa shape index (κ1) is 19.6. The lowest BCUT2D eigenvalue weighted by Crippen LogP contribution is -3.15. The molecule has 1 saturated heterocycles. The molecule has 0 radical (unpaired) electrons. The predicted molar refractivity (Wildman–Crippen MR) is 113 cm³/mol. The van der Waals surface area contributed by atoms with E-state index in [0.717, 1.165) is 43.2 Å². The maximum Gasteiger partial charge on any atom is 0.278 e. The van der Waals surface area contributed by atoms with Gasteiger partial charge in [-0.15, -0.1) is 0 Å². The van der Waals surface area contributed by atoms with Crippen LogP contribution in [0.25, 0.3) is 0 Å². The lowest BCUT2D eigenvalue weighted by atomic mass is 10.1. The van der Waals surface area contributed by atoms with E-state index >= 15 is 0 Å². The number of anilines is 1. The zero-order valence-electron chi connectivity index (χ0n) is 17.3. The Morgan fingerprint density at radius 2 is 1.86 bits per heavy atom. The zero-order valence-corrected chi connectivity index (χ0v) is 17.3. The second kappa shape index (κ2) is 8.74. The van der Waals surface area contributed by atoms with Crippen LogP contribution < -0.4 is 19.3 Å². The van der Waals surface area contributed by atoms with Crippen LogP contribution in [-0.4, -0.2) is 56.9 Å². The first-order valence-corrected chi connectivity index (χ1v) is 10.4. The van der Waals surface area contributed by atoms with Gasteiger partial charge < -0.3 is 24.2 Å². The number of rotatable bonds is 6. The fourth-order valence-electron chi connectivity index (χ4n) is 4.12. The fourth-order valence-corrected chi connectivity index (χ4v) is 4.12. The molecule has 0 aromatic heterocycles. The minimum Gasteiger partial charge on any atom is -0.454 e. The predicted octanol–water partition coefficient (Wildman–Crippen LogP) is 1.48. The number of likely N-dealkylation sites (N-methyl/N-ethyl adjacent to an activating group) is 1.